The molecule has 85 heavy (non-hydrogen) atoms. The Morgan fingerprint density at radius 1 is 0.694 bits per heavy atom. The average molecular weight is 1170 g/mol. The van der Waals surface area contributed by atoms with Gasteiger partial charge in [-0.05, 0) is 85.7 Å². The number of carbonyl (C=O) groups is 10. The molecular weight excluding hydrogens is 1100 g/mol. The number of ether oxygens (including phenoxy) is 1. The molecule has 1 aliphatic heterocycles. The highest BCUT2D eigenvalue weighted by Crippen LogP contribution is 2.27. The van der Waals surface area contributed by atoms with Crippen LogP contribution in [0.5, 0.6) is 5.75 Å². The Morgan fingerprint density at radius 2 is 1.31 bits per heavy atom. The van der Waals surface area contributed by atoms with Crippen molar-refractivity contribution in [2.24, 2.45) is 5.73 Å². The number of carbonyl (C=O) groups excluding carboxylic acids is 9. The quantitative estimate of drug-likeness (QED) is 0.0300. The number of nitrogens with zero attached hydrogens (tertiary/aromatic N) is 1. The Labute approximate surface area is 488 Å². The van der Waals surface area contributed by atoms with Crippen LogP contribution in [0, 0.1) is 0 Å². The van der Waals surface area contributed by atoms with Gasteiger partial charge < -0.3 is 78.0 Å². The number of carboxylic acid groups (broad SMARTS) is 1. The Bertz CT molecular complexity index is 3280. The van der Waals surface area contributed by atoms with Crippen LogP contribution in [0.4, 0.5) is 0 Å². The van der Waals surface area contributed by atoms with Crippen LogP contribution in [0.1, 0.15) is 80.1 Å². The van der Waals surface area contributed by atoms with Gasteiger partial charge in [0.25, 0.3) is 0 Å². The van der Waals surface area contributed by atoms with E-state index < -0.39 is 133 Å². The van der Waals surface area contributed by atoms with E-state index in [-0.39, 0.29) is 36.9 Å². The van der Waals surface area contributed by atoms with Crippen molar-refractivity contribution in [3.8, 4) is 5.75 Å². The highest BCUT2D eigenvalue weighted by atomic mass is 16.5. The van der Waals surface area contributed by atoms with E-state index in [1.54, 1.807) is 42.6 Å². The lowest BCUT2D eigenvalue weighted by Gasteiger charge is -2.32. The molecule has 2 heterocycles. The van der Waals surface area contributed by atoms with Gasteiger partial charge in [0.1, 0.15) is 60.3 Å². The number of likely N-dealkylation sites (tertiary alicyclic amines) is 1. The lowest BCUT2D eigenvalue weighted by Crippen LogP contribution is -2.60. The van der Waals surface area contributed by atoms with E-state index in [1.807, 2.05) is 49.4 Å². The first-order valence-electron chi connectivity index (χ1n) is 27.2. The number of hydrogen-bond donors (Lipinski definition) is 13. The number of primary amides is 1. The number of aromatic nitrogens is 1. The van der Waals surface area contributed by atoms with Crippen molar-refractivity contribution in [2.45, 2.75) is 107 Å². The summed E-state index contributed by atoms with van der Waals surface area (Å²) in [6.45, 7) is 3.19. The minimum atomic E-state index is -1.86. The Morgan fingerprint density at radius 3 is 1.95 bits per heavy atom. The van der Waals surface area contributed by atoms with Gasteiger partial charge in [0.2, 0.25) is 53.2 Å². The van der Waals surface area contributed by atoms with E-state index in [0.29, 0.717) is 16.9 Å². The summed E-state index contributed by atoms with van der Waals surface area (Å²) in [5, 5.41) is 61.0. The molecule has 1 fully saturated rings. The first kappa shape index (κ1) is 64.4. The Balaban J connectivity index is 1.13. The fraction of sp³-hybridized carbons (Fsp3) is 0.333. The molecule has 0 spiro atoms. The molecule has 1 saturated heterocycles. The Hall–Kier alpha value is -9.72. The van der Waals surface area contributed by atoms with Crippen LogP contribution in [0.25, 0.3) is 23.1 Å². The number of aromatic amines is 1. The number of para-hydroxylation sites is 1. The van der Waals surface area contributed by atoms with Crippen molar-refractivity contribution >= 4 is 82.2 Å². The van der Waals surface area contributed by atoms with Crippen LogP contribution in [0.15, 0.2) is 121 Å². The molecule has 5 aromatic rings. The zero-order valence-corrected chi connectivity index (χ0v) is 47.0. The molecule has 14 N–H and O–H groups in total. The van der Waals surface area contributed by atoms with E-state index in [2.05, 4.69) is 42.2 Å². The maximum absolute atomic E-state index is 14.7. The van der Waals surface area contributed by atoms with Crippen LogP contribution >= 0.6 is 0 Å². The summed E-state index contributed by atoms with van der Waals surface area (Å²) in [6.07, 6.45) is 2.12. The number of methoxy groups -OCH3 is 1. The SMILES string of the molecule is C/C=C\c1ccccc1/C=C\C(=O)N[C@H](C(=O)N[C@@H](C)C(=O)N[C@@H](CC(=O)O)C(=O)NCC(=O)N[C@H](C(=O)N1CCC[C@H]1C(=O)N[C@H](C(=O)N[C@H](Cc1c[nH]c2ccccc12)C(N)=O)[C@@H](O)c1ccc(OC)cc1)[C@@H](O)c1ccccc1)[C@@H](C)O. The zero-order chi connectivity index (χ0) is 61.9. The number of benzene rings is 4. The molecule has 9 amide bonds. The standard InChI is InChI=1S/C60H70N10O15/c1-5-14-35-15-9-10-16-36(35)24-27-46(72)67-49(34(3)71)58(82)64-33(2)55(79)66-44(30-48(74)75)56(80)63-32-47(73)68-51(53(77)37-17-7-6-8-18-37)60(84)70-28-13-21-45(70)57(81)69-50(52(76)38-22-25-40(85-4)26-23-38)59(83)65-43(54(61)78)29-39-31-62-42-20-12-11-19-41(39)42/h5-12,14-20,22-27,31,33-34,43-45,49-53,62,71,76-77H,13,21,28-30,32H2,1-4H3,(H2,61,78)(H,63,80)(H,64,82)(H,65,83)(H,66,79)(H,67,72)(H,68,73)(H,69,81)(H,74,75)/b14-5-,27-24-/t33-,34+,43+,44-,45-,49-,50-,51-,52-,53-/m0/s1. The number of amides is 9. The van der Waals surface area contributed by atoms with Crippen LogP contribution in [-0.4, -0.2) is 158 Å². The van der Waals surface area contributed by atoms with Crippen LogP contribution < -0.4 is 47.7 Å². The average Bonchev–Trinajstić information content (AvgIpc) is 3.52. The molecule has 1 aromatic heterocycles. The van der Waals surface area contributed by atoms with Gasteiger partial charge in [-0.25, -0.2) is 0 Å². The Kier molecular flexibility index (Phi) is 23.2. The fourth-order valence-corrected chi connectivity index (χ4v) is 9.47. The topological polar surface area (TPSA) is 390 Å². The van der Waals surface area contributed by atoms with Gasteiger partial charge in [-0.3, -0.25) is 47.9 Å². The molecule has 0 bridgehead atoms. The smallest absolute Gasteiger partial charge is 0.305 e. The van der Waals surface area contributed by atoms with Crippen LogP contribution in [0.2, 0.25) is 0 Å². The second-order valence-electron chi connectivity index (χ2n) is 20.1. The summed E-state index contributed by atoms with van der Waals surface area (Å²) >= 11 is 0. The number of rotatable bonds is 28. The van der Waals surface area contributed by atoms with Gasteiger partial charge >= 0.3 is 5.97 Å². The van der Waals surface area contributed by atoms with E-state index in [4.69, 9.17) is 10.5 Å². The number of fused-ring (bicyclic) bond motifs is 1. The van der Waals surface area contributed by atoms with Gasteiger partial charge in [-0.2, -0.15) is 0 Å². The van der Waals surface area contributed by atoms with Gasteiger partial charge in [0, 0.05) is 36.1 Å². The third-order valence-electron chi connectivity index (χ3n) is 14.0. The first-order valence-corrected chi connectivity index (χ1v) is 27.2. The summed E-state index contributed by atoms with van der Waals surface area (Å²) in [5.41, 5.74) is 8.99. The minimum absolute atomic E-state index is 0.00879. The zero-order valence-electron chi connectivity index (χ0n) is 47.0. The fourth-order valence-electron chi connectivity index (χ4n) is 9.47. The van der Waals surface area contributed by atoms with Crippen molar-refractivity contribution < 1.29 is 73.1 Å². The number of H-pyrrole nitrogens is 1. The number of aliphatic hydroxyl groups is 3. The van der Waals surface area contributed by atoms with E-state index in [0.717, 1.165) is 27.4 Å². The normalized spacial score (nSPS) is 16.3. The maximum Gasteiger partial charge on any atom is 0.305 e. The number of aliphatic hydroxyl groups excluding tert-OH is 3. The van der Waals surface area contributed by atoms with Crippen molar-refractivity contribution in [3.05, 3.63) is 149 Å². The lowest BCUT2D eigenvalue weighted by atomic mass is 9.98. The van der Waals surface area contributed by atoms with E-state index in [9.17, 15) is 68.4 Å². The van der Waals surface area contributed by atoms with Crippen molar-refractivity contribution in [2.75, 3.05) is 20.2 Å². The summed E-state index contributed by atoms with van der Waals surface area (Å²) in [7, 11) is 1.43. The van der Waals surface area contributed by atoms with Crippen LogP contribution in [-0.2, 0) is 54.4 Å². The number of carboxylic acids is 1. The minimum Gasteiger partial charge on any atom is -0.497 e. The lowest BCUT2D eigenvalue weighted by molar-refractivity contribution is -0.145. The second-order valence-corrected chi connectivity index (χ2v) is 20.1. The van der Waals surface area contributed by atoms with Crippen molar-refractivity contribution in [1.29, 1.82) is 0 Å². The molecule has 6 rings (SSSR count). The van der Waals surface area contributed by atoms with Crippen LogP contribution in [0.3, 0.4) is 0 Å². The molecule has 450 valence electrons. The molecule has 1 aliphatic rings. The van der Waals surface area contributed by atoms with Crippen molar-refractivity contribution in [3.63, 3.8) is 0 Å². The first-order chi connectivity index (χ1) is 40.6. The number of nitrogens with two attached hydrogens (primary N) is 1. The summed E-state index contributed by atoms with van der Waals surface area (Å²) in [4.78, 5) is 139. The summed E-state index contributed by atoms with van der Waals surface area (Å²) in [6, 6.07) is 16.8. The van der Waals surface area contributed by atoms with Gasteiger partial charge in [-0.15, -0.1) is 0 Å². The molecule has 0 radical (unpaired) electrons. The molecule has 0 unspecified atom stereocenters. The number of hydrogen-bond acceptors (Lipinski definition) is 14. The number of allylic oxidation sites excluding steroid dienone is 1. The molecule has 25 heteroatoms. The monoisotopic (exact) mass is 1170 g/mol. The molecule has 4 aromatic carbocycles. The maximum atomic E-state index is 14.7. The predicted octanol–water partition coefficient (Wildman–Crippen LogP) is 0.309. The molecule has 0 saturated carbocycles. The summed E-state index contributed by atoms with van der Waals surface area (Å²) in [5.74, 6) is -10.1. The molecule has 25 nitrogen and oxygen atoms in total. The molecule has 0 aliphatic carbocycles. The highest BCUT2D eigenvalue weighted by molar-refractivity contribution is 6.00. The third-order valence-corrected chi connectivity index (χ3v) is 14.0. The summed E-state index contributed by atoms with van der Waals surface area (Å²) < 4.78 is 5.24. The molecule has 10 atom stereocenters. The second kappa shape index (κ2) is 30.5. The van der Waals surface area contributed by atoms with Gasteiger partial charge in [0.15, 0.2) is 0 Å². The highest BCUT2D eigenvalue weighted by Gasteiger charge is 2.43. The number of aliphatic carboxylic acids is 1. The van der Waals surface area contributed by atoms with Crippen molar-refractivity contribution in [1.82, 2.24) is 47.1 Å². The van der Waals surface area contributed by atoms with Gasteiger partial charge in [0.05, 0.1) is 26.2 Å². The number of nitrogens with one attached hydrogen (secondary N) is 8. The van der Waals surface area contributed by atoms with E-state index in [1.165, 1.54) is 63.4 Å². The predicted molar refractivity (Wildman–Crippen MR) is 310 cm³/mol. The third kappa shape index (κ3) is 17.6. The molecular formula is C60H70N10O15. The van der Waals surface area contributed by atoms with Gasteiger partial charge in [-0.1, -0.05) is 97.1 Å². The van der Waals surface area contributed by atoms with E-state index >= 15 is 0 Å². The largest absolute Gasteiger partial charge is 0.497 e.